The summed E-state index contributed by atoms with van der Waals surface area (Å²) in [5.74, 6) is 0. The van der Waals surface area contributed by atoms with Crippen molar-refractivity contribution in [2.45, 2.75) is 38.8 Å². The topological polar surface area (TPSA) is 42.1 Å². The van der Waals surface area contributed by atoms with Gasteiger partial charge >= 0.3 is 0 Å². The van der Waals surface area contributed by atoms with Gasteiger partial charge in [0.15, 0.2) is 0 Å². The Bertz CT molecular complexity index is 320. The molecule has 0 spiro atoms. The molecule has 1 saturated heterocycles. The van der Waals surface area contributed by atoms with Crippen molar-refractivity contribution in [3.05, 3.63) is 24.0 Å². The fourth-order valence-electron chi connectivity index (χ4n) is 2.22. The molecule has 1 aromatic heterocycles. The number of hydrogen-bond acceptors (Lipinski definition) is 3. The summed E-state index contributed by atoms with van der Waals surface area (Å²) in [5, 5.41) is 0. The van der Waals surface area contributed by atoms with Crippen LogP contribution in [0.15, 0.2) is 18.3 Å². The number of aryl methyl sites for hydroxylation is 1. The van der Waals surface area contributed by atoms with Crippen LogP contribution >= 0.6 is 0 Å². The molecule has 0 saturated carbocycles. The van der Waals surface area contributed by atoms with Gasteiger partial charge in [0.2, 0.25) is 0 Å². The lowest BCUT2D eigenvalue weighted by molar-refractivity contribution is 0.429. The van der Waals surface area contributed by atoms with E-state index >= 15 is 0 Å². The van der Waals surface area contributed by atoms with Gasteiger partial charge in [-0.1, -0.05) is 0 Å². The van der Waals surface area contributed by atoms with Crippen LogP contribution < -0.4 is 10.6 Å². The first-order chi connectivity index (χ1) is 7.16. The number of hydrogen-bond donors (Lipinski definition) is 1. The Labute approximate surface area is 91.3 Å². The lowest BCUT2D eigenvalue weighted by Crippen LogP contribution is -2.45. The summed E-state index contributed by atoms with van der Waals surface area (Å²) in [6, 6.07) is 5.11. The van der Waals surface area contributed by atoms with Gasteiger partial charge in [-0.15, -0.1) is 0 Å². The Morgan fingerprint density at radius 2 is 2.27 bits per heavy atom. The number of nitrogens with two attached hydrogens (primary N) is 1. The second-order valence-electron chi connectivity index (χ2n) is 4.48. The fourth-order valence-corrected chi connectivity index (χ4v) is 2.22. The first kappa shape index (κ1) is 10.4. The van der Waals surface area contributed by atoms with Gasteiger partial charge < -0.3 is 10.6 Å². The number of nitrogens with zero attached hydrogens (tertiary/aromatic N) is 2. The second-order valence-corrected chi connectivity index (χ2v) is 4.48. The predicted molar refractivity (Wildman–Crippen MR) is 63.0 cm³/mol. The third kappa shape index (κ3) is 2.29. The van der Waals surface area contributed by atoms with Crippen molar-refractivity contribution in [3.8, 4) is 0 Å². The van der Waals surface area contributed by atoms with Crippen molar-refractivity contribution in [3.63, 3.8) is 0 Å². The third-order valence-electron chi connectivity index (χ3n) is 3.14. The maximum atomic E-state index is 5.95. The van der Waals surface area contributed by atoms with Crippen LogP contribution in [0.3, 0.4) is 0 Å². The largest absolute Gasteiger partial charge is 0.367 e. The molecular weight excluding hydrogens is 186 g/mol. The highest BCUT2D eigenvalue weighted by Gasteiger charge is 2.23. The summed E-state index contributed by atoms with van der Waals surface area (Å²) in [7, 11) is 0. The van der Waals surface area contributed by atoms with E-state index in [-0.39, 0.29) is 0 Å². The van der Waals surface area contributed by atoms with Crippen LogP contribution in [0, 0.1) is 6.92 Å². The molecule has 2 atom stereocenters. The van der Waals surface area contributed by atoms with Gasteiger partial charge in [0.25, 0.3) is 0 Å². The van der Waals surface area contributed by atoms with E-state index in [0.717, 1.165) is 25.1 Å². The number of pyridine rings is 1. The molecule has 3 heteroatoms. The van der Waals surface area contributed by atoms with Crippen LogP contribution in [0.4, 0.5) is 5.69 Å². The van der Waals surface area contributed by atoms with Gasteiger partial charge in [0.1, 0.15) is 0 Å². The summed E-state index contributed by atoms with van der Waals surface area (Å²) < 4.78 is 0. The molecule has 2 unspecified atom stereocenters. The summed E-state index contributed by atoms with van der Waals surface area (Å²) in [6.07, 6.45) is 4.12. The van der Waals surface area contributed by atoms with Crippen molar-refractivity contribution in [1.29, 1.82) is 0 Å². The zero-order chi connectivity index (χ0) is 10.8. The molecule has 1 aliphatic rings. The Hall–Kier alpha value is -1.09. The number of aromatic nitrogens is 1. The van der Waals surface area contributed by atoms with Gasteiger partial charge in [-0.25, -0.2) is 0 Å². The minimum Gasteiger partial charge on any atom is -0.367 e. The Morgan fingerprint density at radius 1 is 1.47 bits per heavy atom. The van der Waals surface area contributed by atoms with E-state index in [2.05, 4.69) is 28.9 Å². The first-order valence-electron chi connectivity index (χ1n) is 5.61. The number of anilines is 1. The van der Waals surface area contributed by atoms with Crippen molar-refractivity contribution in [1.82, 2.24) is 4.98 Å². The lowest BCUT2D eigenvalue weighted by Gasteiger charge is -2.37. The zero-order valence-corrected chi connectivity index (χ0v) is 9.48. The molecule has 2 heterocycles. The van der Waals surface area contributed by atoms with E-state index in [1.165, 1.54) is 5.69 Å². The zero-order valence-electron chi connectivity index (χ0n) is 9.48. The van der Waals surface area contributed by atoms with E-state index in [1.54, 1.807) is 0 Å². The van der Waals surface area contributed by atoms with E-state index in [0.29, 0.717) is 12.1 Å². The van der Waals surface area contributed by atoms with Gasteiger partial charge in [-0.05, 0) is 38.8 Å². The molecular formula is C12H19N3. The first-order valence-corrected chi connectivity index (χ1v) is 5.61. The van der Waals surface area contributed by atoms with Crippen molar-refractivity contribution >= 4 is 5.69 Å². The van der Waals surface area contributed by atoms with E-state index in [4.69, 9.17) is 5.73 Å². The van der Waals surface area contributed by atoms with E-state index in [9.17, 15) is 0 Å². The molecule has 15 heavy (non-hydrogen) atoms. The molecule has 0 amide bonds. The van der Waals surface area contributed by atoms with E-state index in [1.807, 2.05) is 13.1 Å². The molecule has 3 nitrogen and oxygen atoms in total. The van der Waals surface area contributed by atoms with Gasteiger partial charge in [0, 0.05) is 24.3 Å². The molecule has 0 radical (unpaired) electrons. The Morgan fingerprint density at radius 3 is 2.87 bits per heavy atom. The number of piperidine rings is 1. The molecule has 1 aromatic rings. The third-order valence-corrected chi connectivity index (χ3v) is 3.14. The quantitative estimate of drug-likeness (QED) is 0.759. The summed E-state index contributed by atoms with van der Waals surface area (Å²) in [4.78, 5) is 6.73. The maximum Gasteiger partial charge on any atom is 0.0555 e. The minimum absolute atomic E-state index is 0.370. The van der Waals surface area contributed by atoms with Crippen molar-refractivity contribution in [2.75, 3.05) is 11.4 Å². The standard InChI is InChI=1S/C12H19N3/c1-9-3-4-12(8-14-9)15-6-5-11(13)7-10(15)2/h3-4,8,10-11H,5-7,13H2,1-2H3. The average molecular weight is 205 g/mol. The summed E-state index contributed by atoms with van der Waals surface area (Å²) in [6.45, 7) is 5.30. The molecule has 1 aliphatic heterocycles. The molecule has 0 aliphatic carbocycles. The normalized spacial score (nSPS) is 26.7. The van der Waals surface area contributed by atoms with Crippen molar-refractivity contribution < 1.29 is 0 Å². The van der Waals surface area contributed by atoms with Crippen LogP contribution in [0.1, 0.15) is 25.5 Å². The SMILES string of the molecule is Cc1ccc(N2CCC(N)CC2C)cn1. The smallest absolute Gasteiger partial charge is 0.0555 e. The molecule has 0 bridgehead atoms. The van der Waals surface area contributed by atoms with Gasteiger partial charge in [-0.2, -0.15) is 0 Å². The van der Waals surface area contributed by atoms with E-state index < -0.39 is 0 Å². The van der Waals surface area contributed by atoms with Crippen LogP contribution in [0.25, 0.3) is 0 Å². The van der Waals surface area contributed by atoms with Crippen LogP contribution in [-0.4, -0.2) is 23.6 Å². The minimum atomic E-state index is 0.370. The monoisotopic (exact) mass is 205 g/mol. The average Bonchev–Trinajstić information content (AvgIpc) is 2.20. The Balaban J connectivity index is 2.13. The highest BCUT2D eigenvalue weighted by molar-refractivity contribution is 5.46. The maximum absolute atomic E-state index is 5.95. The summed E-state index contributed by atoms with van der Waals surface area (Å²) in [5.41, 5.74) is 8.24. The van der Waals surface area contributed by atoms with Crippen molar-refractivity contribution in [2.24, 2.45) is 5.73 Å². The van der Waals surface area contributed by atoms with Gasteiger partial charge in [-0.3, -0.25) is 4.98 Å². The van der Waals surface area contributed by atoms with Crippen LogP contribution in [0.2, 0.25) is 0 Å². The molecule has 82 valence electrons. The van der Waals surface area contributed by atoms with Crippen LogP contribution in [-0.2, 0) is 0 Å². The lowest BCUT2D eigenvalue weighted by atomic mass is 9.99. The molecule has 2 N–H and O–H groups in total. The molecule has 0 aromatic carbocycles. The number of rotatable bonds is 1. The predicted octanol–water partition coefficient (Wildman–Crippen LogP) is 1.71. The highest BCUT2D eigenvalue weighted by Crippen LogP contribution is 2.23. The molecule has 2 rings (SSSR count). The highest BCUT2D eigenvalue weighted by atomic mass is 15.2. The van der Waals surface area contributed by atoms with Gasteiger partial charge in [0.05, 0.1) is 11.9 Å². The fraction of sp³-hybridized carbons (Fsp3) is 0.583. The Kier molecular flexibility index (Phi) is 2.91. The van der Waals surface area contributed by atoms with Crippen LogP contribution in [0.5, 0.6) is 0 Å². The second kappa shape index (κ2) is 4.19. The molecule has 1 fully saturated rings. The summed E-state index contributed by atoms with van der Waals surface area (Å²) >= 11 is 0.